The number of nitrogen functional groups attached to an aromatic ring is 4. The zero-order valence-electron chi connectivity index (χ0n) is 36.8. The van der Waals surface area contributed by atoms with Gasteiger partial charge in [-0.1, -0.05) is 0 Å². The van der Waals surface area contributed by atoms with Gasteiger partial charge in [0.1, 0.15) is 49.4 Å². The zero-order chi connectivity index (χ0) is 44.4. The maximum Gasteiger partial charge on any atom is 0.126 e. The molecule has 0 spiro atoms. The Morgan fingerprint density at radius 1 is 0.219 bits per heavy atom. The quantitative estimate of drug-likeness (QED) is 0.159. The summed E-state index contributed by atoms with van der Waals surface area (Å²) in [6, 6.07) is 15.5. The van der Waals surface area contributed by atoms with Crippen molar-refractivity contribution in [3.63, 3.8) is 0 Å². The Labute approximate surface area is 375 Å². The van der Waals surface area contributed by atoms with Gasteiger partial charge in [-0.15, -0.1) is 0 Å². The molecule has 2 heterocycles. The summed E-state index contributed by atoms with van der Waals surface area (Å²) in [6.45, 7) is 7.45. The molecule has 4 aromatic carbocycles. The van der Waals surface area contributed by atoms with E-state index in [1.54, 1.807) is 0 Å². The average Bonchev–Trinajstić information content (AvgIpc) is 3.25. The van der Waals surface area contributed by atoms with E-state index in [9.17, 15) is 0 Å². The molecule has 0 saturated carbocycles. The Kier molecular flexibility index (Phi) is 18.2. The SMILES string of the molecule is Nc1cc2c3c(c1)Cc1cc(N)cc4c1OCCOCCOCCOCCOCCOc1c(cc(N)cc1Cc1cc(N)cc(c1OCCOCCOCCOCCOCCO3)C4)C2. The lowest BCUT2D eigenvalue weighted by molar-refractivity contribution is -0.00706. The molecule has 16 nitrogen and oxygen atoms in total. The fraction of sp³-hybridized carbons (Fsp3) is 0.500. The van der Waals surface area contributed by atoms with Crippen LogP contribution in [-0.4, -0.2) is 132 Å². The average molecular weight is 889 g/mol. The van der Waals surface area contributed by atoms with Gasteiger partial charge in [-0.05, 0) is 48.5 Å². The zero-order valence-corrected chi connectivity index (χ0v) is 36.8. The number of hydrogen-bond donors (Lipinski definition) is 4. The van der Waals surface area contributed by atoms with E-state index in [4.69, 9.17) is 79.8 Å². The molecule has 0 saturated heterocycles. The van der Waals surface area contributed by atoms with Crippen LogP contribution in [0.2, 0.25) is 0 Å². The highest BCUT2D eigenvalue weighted by molar-refractivity contribution is 5.64. The van der Waals surface area contributed by atoms with Crippen LogP contribution in [0.1, 0.15) is 44.5 Å². The minimum Gasteiger partial charge on any atom is -0.491 e. The van der Waals surface area contributed by atoms with Crippen LogP contribution in [0.15, 0.2) is 48.5 Å². The minimum absolute atomic E-state index is 0.269. The Hall–Kier alpha value is -5.04. The van der Waals surface area contributed by atoms with Crippen LogP contribution in [0, 0.1) is 0 Å². The monoisotopic (exact) mass is 888 g/mol. The predicted molar refractivity (Wildman–Crippen MR) is 243 cm³/mol. The van der Waals surface area contributed by atoms with Crippen LogP contribution in [0.5, 0.6) is 23.0 Å². The molecule has 348 valence electrons. The smallest absolute Gasteiger partial charge is 0.126 e. The molecule has 4 aromatic rings. The van der Waals surface area contributed by atoms with Gasteiger partial charge in [0.2, 0.25) is 0 Å². The van der Waals surface area contributed by atoms with Crippen molar-refractivity contribution in [1.82, 2.24) is 0 Å². The summed E-state index contributed by atoms with van der Waals surface area (Å²) in [5.41, 5.74) is 36.0. The van der Waals surface area contributed by atoms with Crippen LogP contribution in [0.25, 0.3) is 0 Å². The summed E-state index contributed by atoms with van der Waals surface area (Å²) in [7, 11) is 0. The highest BCUT2D eigenvalue weighted by atomic mass is 16.6. The molecular formula is C48H64N4O12. The Bertz CT molecular complexity index is 1720. The summed E-state index contributed by atoms with van der Waals surface area (Å²) in [5, 5.41) is 0. The largest absolute Gasteiger partial charge is 0.491 e. The summed E-state index contributed by atoms with van der Waals surface area (Å²) in [4.78, 5) is 0. The summed E-state index contributed by atoms with van der Waals surface area (Å²) >= 11 is 0. The molecule has 0 fully saturated rings. The second-order valence-electron chi connectivity index (χ2n) is 15.7. The molecule has 12 bridgehead atoms. The third-order valence-corrected chi connectivity index (χ3v) is 10.7. The number of nitrogens with two attached hydrogens (primary N) is 4. The highest BCUT2D eigenvalue weighted by Gasteiger charge is 2.24. The molecule has 3 aliphatic rings. The van der Waals surface area contributed by atoms with Crippen LogP contribution < -0.4 is 41.9 Å². The van der Waals surface area contributed by atoms with Crippen molar-refractivity contribution < 1.29 is 56.8 Å². The van der Waals surface area contributed by atoms with E-state index in [1.165, 1.54) is 0 Å². The molecule has 0 atom stereocenters. The fourth-order valence-electron chi connectivity index (χ4n) is 8.07. The van der Waals surface area contributed by atoms with E-state index in [0.29, 0.717) is 177 Å². The van der Waals surface area contributed by atoms with Gasteiger partial charge in [0.25, 0.3) is 0 Å². The van der Waals surface area contributed by atoms with E-state index in [0.717, 1.165) is 44.5 Å². The van der Waals surface area contributed by atoms with Gasteiger partial charge >= 0.3 is 0 Å². The summed E-state index contributed by atoms with van der Waals surface area (Å²) < 4.78 is 73.5. The third kappa shape index (κ3) is 14.0. The molecule has 7 rings (SSSR count). The van der Waals surface area contributed by atoms with Crippen molar-refractivity contribution in [1.29, 1.82) is 0 Å². The topological polar surface area (TPSA) is 215 Å². The second kappa shape index (κ2) is 24.9. The van der Waals surface area contributed by atoms with Gasteiger partial charge < -0.3 is 79.8 Å². The molecule has 0 radical (unpaired) electrons. The van der Waals surface area contributed by atoms with Gasteiger partial charge in [0, 0.05) is 92.9 Å². The Morgan fingerprint density at radius 2 is 0.359 bits per heavy atom. The van der Waals surface area contributed by atoms with E-state index >= 15 is 0 Å². The van der Waals surface area contributed by atoms with E-state index in [-0.39, 0.29) is 26.4 Å². The van der Waals surface area contributed by atoms with E-state index < -0.39 is 0 Å². The lowest BCUT2D eigenvalue weighted by Crippen LogP contribution is -2.15. The molecule has 0 aromatic heterocycles. The van der Waals surface area contributed by atoms with Crippen LogP contribution in [-0.2, 0) is 63.6 Å². The lowest BCUT2D eigenvalue weighted by Gasteiger charge is -2.24. The van der Waals surface area contributed by atoms with E-state index in [1.807, 2.05) is 48.5 Å². The van der Waals surface area contributed by atoms with Crippen LogP contribution in [0.4, 0.5) is 22.7 Å². The Balaban J connectivity index is 1.40. The third-order valence-electron chi connectivity index (χ3n) is 10.7. The van der Waals surface area contributed by atoms with Gasteiger partial charge in [0.05, 0.1) is 106 Å². The Morgan fingerprint density at radius 3 is 0.516 bits per heavy atom. The van der Waals surface area contributed by atoms with Gasteiger partial charge in [-0.25, -0.2) is 0 Å². The molecule has 64 heavy (non-hydrogen) atoms. The normalized spacial score (nSPS) is 18.6. The standard InChI is InChI=1S/C48H64N4O12/c49-41-25-33-21-37-29-43(51)31-39-23-35-27-42(50)28-36-24-40-32-44(52)30-38(48(40)64-20-16-60-12-8-56-4-3-55-7-11-59-15-19-63-47(37)39)22-34(26-41)45(33)61-17-13-57-9-5-53-1-2-54-6-10-58-14-18-62-46(35)36/h25-32H,1-24,49-52H2. The molecule has 1 aliphatic carbocycles. The first-order valence-corrected chi connectivity index (χ1v) is 22.2. The molecule has 0 unspecified atom stereocenters. The number of hydrogen-bond acceptors (Lipinski definition) is 16. The minimum atomic E-state index is 0.269. The first kappa shape index (κ1) is 46.9. The number of anilines is 4. The summed E-state index contributed by atoms with van der Waals surface area (Å²) in [6.07, 6.45) is 1.50. The van der Waals surface area contributed by atoms with Gasteiger partial charge in [0.15, 0.2) is 0 Å². The van der Waals surface area contributed by atoms with Crippen molar-refractivity contribution in [2.45, 2.75) is 25.7 Å². The predicted octanol–water partition coefficient (Wildman–Crippen LogP) is 4.37. The fourth-order valence-corrected chi connectivity index (χ4v) is 8.07. The molecule has 2 aliphatic heterocycles. The second-order valence-corrected chi connectivity index (χ2v) is 15.7. The molecule has 0 amide bonds. The van der Waals surface area contributed by atoms with Crippen molar-refractivity contribution >= 4 is 22.7 Å². The first-order chi connectivity index (χ1) is 31.4. The van der Waals surface area contributed by atoms with Gasteiger partial charge in [-0.2, -0.15) is 0 Å². The maximum absolute atomic E-state index is 6.76. The van der Waals surface area contributed by atoms with Crippen LogP contribution in [0.3, 0.4) is 0 Å². The van der Waals surface area contributed by atoms with Crippen molar-refractivity contribution in [3.05, 3.63) is 93.0 Å². The van der Waals surface area contributed by atoms with Crippen molar-refractivity contribution in [3.8, 4) is 23.0 Å². The summed E-state index contributed by atoms with van der Waals surface area (Å²) in [5.74, 6) is 2.67. The number of rotatable bonds is 0. The lowest BCUT2D eigenvalue weighted by atomic mass is 9.90. The van der Waals surface area contributed by atoms with Crippen LogP contribution >= 0.6 is 0 Å². The maximum atomic E-state index is 6.76. The van der Waals surface area contributed by atoms with Gasteiger partial charge in [-0.3, -0.25) is 0 Å². The molecule has 16 heteroatoms. The molecule has 8 N–H and O–H groups in total. The molecular weight excluding hydrogens is 825 g/mol. The number of ether oxygens (including phenoxy) is 12. The number of benzene rings is 4. The van der Waals surface area contributed by atoms with Crippen molar-refractivity contribution in [2.24, 2.45) is 0 Å². The first-order valence-electron chi connectivity index (χ1n) is 22.2. The van der Waals surface area contributed by atoms with E-state index in [2.05, 4.69) is 0 Å². The highest BCUT2D eigenvalue weighted by Crippen LogP contribution is 2.41. The van der Waals surface area contributed by atoms with Crippen molar-refractivity contribution in [2.75, 3.05) is 155 Å².